The van der Waals surface area contributed by atoms with Gasteiger partial charge < -0.3 is 15.2 Å². The van der Waals surface area contributed by atoms with Crippen LogP contribution >= 0.6 is 0 Å². The van der Waals surface area contributed by atoms with Crippen LogP contribution in [0.5, 0.6) is 5.75 Å². The van der Waals surface area contributed by atoms with Crippen LogP contribution in [0, 0.1) is 5.92 Å². The molecule has 1 unspecified atom stereocenters. The number of hydrogen-bond acceptors (Lipinski definition) is 6. The van der Waals surface area contributed by atoms with Gasteiger partial charge in [0.15, 0.2) is 11.9 Å². The highest BCUT2D eigenvalue weighted by Crippen LogP contribution is 2.64. The highest BCUT2D eigenvalue weighted by atomic mass is 16.5. The number of piperidine rings is 1. The van der Waals surface area contributed by atoms with E-state index in [1.807, 2.05) is 48.5 Å². The maximum atomic E-state index is 13.5. The summed E-state index contributed by atoms with van der Waals surface area (Å²) in [5.74, 6) is 1.05. The molecule has 0 aromatic heterocycles. The molecule has 2 N–H and O–H groups in total. The average Bonchev–Trinajstić information content (AvgIpc) is 3.77. The third-order valence-electron chi connectivity index (χ3n) is 10.9. The van der Waals surface area contributed by atoms with Crippen molar-refractivity contribution in [3.05, 3.63) is 88.5 Å². The first-order valence-electron chi connectivity index (χ1n) is 15.7. The molecule has 2 aliphatic heterocycles. The predicted octanol–water partition coefficient (Wildman–Crippen LogP) is 4.27. The number of nitrogens with one attached hydrogen (secondary N) is 1. The standard InChI is InChI=1S/C36H36N2O5/c39-21-24-5-9-26(10-6-24)25-7-3-22(4-8-25)14-17-37-34(41)28-12-11-27-19-30-36(42)15-13-29(40)33-35(36,31(27)32(28)43-33)16-18-38(30)20-23-1-2-23/h3-12,21,23,30,33,42H,1-2,13-20H2,(H,37,41)/t30-,33?,35+,36-/m1/s1. The van der Waals surface area contributed by atoms with Crippen LogP contribution in [0.3, 0.4) is 0 Å². The number of likely N-dealkylation sites (tertiary alicyclic amines) is 1. The third-order valence-corrected chi connectivity index (χ3v) is 10.9. The molecule has 2 bridgehead atoms. The van der Waals surface area contributed by atoms with E-state index in [2.05, 4.69) is 22.3 Å². The van der Waals surface area contributed by atoms with Gasteiger partial charge in [0.05, 0.1) is 16.6 Å². The summed E-state index contributed by atoms with van der Waals surface area (Å²) in [6, 6.07) is 19.6. The van der Waals surface area contributed by atoms with Crippen molar-refractivity contribution < 1.29 is 24.2 Å². The van der Waals surface area contributed by atoms with E-state index in [0.717, 1.165) is 59.5 Å². The monoisotopic (exact) mass is 576 g/mol. The zero-order valence-electron chi connectivity index (χ0n) is 24.2. The number of amides is 1. The number of carbonyl (C=O) groups excluding carboxylic acids is 3. The Labute approximate surface area is 251 Å². The number of hydrogen-bond donors (Lipinski definition) is 2. The van der Waals surface area contributed by atoms with E-state index in [1.54, 1.807) is 0 Å². The molecule has 1 saturated heterocycles. The van der Waals surface area contributed by atoms with Gasteiger partial charge in [0.25, 0.3) is 5.91 Å². The van der Waals surface area contributed by atoms with Crippen LogP contribution in [0.2, 0.25) is 0 Å². The van der Waals surface area contributed by atoms with E-state index < -0.39 is 17.1 Å². The van der Waals surface area contributed by atoms with E-state index in [-0.39, 0.29) is 17.7 Å². The van der Waals surface area contributed by atoms with Crippen LogP contribution in [0.15, 0.2) is 60.7 Å². The number of aldehydes is 1. The topological polar surface area (TPSA) is 95.9 Å². The minimum Gasteiger partial charge on any atom is -0.480 e. The molecule has 3 fully saturated rings. The fourth-order valence-electron chi connectivity index (χ4n) is 8.49. The Morgan fingerprint density at radius 3 is 2.49 bits per heavy atom. The van der Waals surface area contributed by atoms with Crippen molar-refractivity contribution in [2.45, 2.75) is 68.1 Å². The van der Waals surface area contributed by atoms with Gasteiger partial charge in [-0.05, 0) is 79.3 Å². The molecule has 8 rings (SSSR count). The summed E-state index contributed by atoms with van der Waals surface area (Å²) in [4.78, 5) is 40.3. The summed E-state index contributed by atoms with van der Waals surface area (Å²) in [7, 11) is 0. The van der Waals surface area contributed by atoms with E-state index >= 15 is 0 Å². The van der Waals surface area contributed by atoms with E-state index in [9.17, 15) is 19.5 Å². The Balaban J connectivity index is 1.01. The number of nitrogens with zero attached hydrogens (tertiary/aromatic N) is 1. The third kappa shape index (κ3) is 4.05. The molecule has 0 radical (unpaired) electrons. The van der Waals surface area contributed by atoms with Gasteiger partial charge in [-0.3, -0.25) is 19.3 Å². The molecule has 43 heavy (non-hydrogen) atoms. The lowest BCUT2D eigenvalue weighted by Gasteiger charge is -2.62. The van der Waals surface area contributed by atoms with Crippen molar-refractivity contribution in [1.29, 1.82) is 0 Å². The minimum atomic E-state index is -1.03. The Morgan fingerprint density at radius 2 is 1.77 bits per heavy atom. The van der Waals surface area contributed by atoms with Gasteiger partial charge >= 0.3 is 0 Å². The number of aliphatic hydroxyl groups is 1. The summed E-state index contributed by atoms with van der Waals surface area (Å²) in [5.41, 5.74) is 4.53. The maximum Gasteiger partial charge on any atom is 0.255 e. The zero-order chi connectivity index (χ0) is 29.3. The quantitative estimate of drug-likeness (QED) is 0.389. The summed E-state index contributed by atoms with van der Waals surface area (Å²) in [6.07, 6.45) is 5.46. The molecule has 7 nitrogen and oxygen atoms in total. The summed E-state index contributed by atoms with van der Waals surface area (Å²) in [5, 5.41) is 15.5. The van der Waals surface area contributed by atoms with Crippen molar-refractivity contribution in [3.8, 4) is 16.9 Å². The zero-order valence-corrected chi connectivity index (χ0v) is 24.2. The Hall–Kier alpha value is -3.81. The Bertz CT molecular complexity index is 1630. The first-order valence-corrected chi connectivity index (χ1v) is 15.7. The van der Waals surface area contributed by atoms with Crippen molar-refractivity contribution in [3.63, 3.8) is 0 Å². The van der Waals surface area contributed by atoms with E-state index in [0.29, 0.717) is 49.1 Å². The van der Waals surface area contributed by atoms with Crippen LogP contribution in [-0.2, 0) is 23.1 Å². The molecule has 3 aliphatic carbocycles. The average molecular weight is 577 g/mol. The number of ether oxygens (including phenoxy) is 1. The van der Waals surface area contributed by atoms with E-state index in [4.69, 9.17) is 4.74 Å². The molecular weight excluding hydrogens is 540 g/mol. The number of carbonyl (C=O) groups is 3. The van der Waals surface area contributed by atoms with Crippen molar-refractivity contribution >= 4 is 18.0 Å². The smallest absolute Gasteiger partial charge is 0.255 e. The highest BCUT2D eigenvalue weighted by molar-refractivity contribution is 5.99. The molecule has 3 aromatic carbocycles. The largest absolute Gasteiger partial charge is 0.480 e. The lowest BCUT2D eigenvalue weighted by atomic mass is 9.49. The fraction of sp³-hybridized carbons (Fsp3) is 0.417. The van der Waals surface area contributed by atoms with Crippen molar-refractivity contribution in [2.75, 3.05) is 19.6 Å². The van der Waals surface area contributed by atoms with Gasteiger partial charge in [0, 0.05) is 36.7 Å². The van der Waals surface area contributed by atoms with Gasteiger partial charge in [-0.15, -0.1) is 0 Å². The first kappa shape index (κ1) is 26.8. The van der Waals surface area contributed by atoms with Crippen molar-refractivity contribution in [1.82, 2.24) is 10.2 Å². The van der Waals surface area contributed by atoms with Gasteiger partial charge in [-0.1, -0.05) is 54.6 Å². The maximum absolute atomic E-state index is 13.5. The van der Waals surface area contributed by atoms with Gasteiger partial charge in [-0.25, -0.2) is 0 Å². The van der Waals surface area contributed by atoms with Gasteiger partial charge in [0.1, 0.15) is 12.0 Å². The van der Waals surface area contributed by atoms with Gasteiger partial charge in [-0.2, -0.15) is 0 Å². The Kier molecular flexibility index (Phi) is 6.14. The molecule has 2 saturated carbocycles. The molecule has 1 amide bonds. The molecule has 5 aliphatic rings. The fourth-order valence-corrected chi connectivity index (χ4v) is 8.49. The molecule has 220 valence electrons. The summed E-state index contributed by atoms with van der Waals surface area (Å²) < 4.78 is 6.46. The lowest BCUT2D eigenvalue weighted by Crippen LogP contribution is -2.76. The van der Waals surface area contributed by atoms with Crippen LogP contribution in [-0.4, -0.2) is 65.4 Å². The number of Topliss-reactive ketones (excluding diaryl/α,β-unsaturated/α-hetero) is 1. The molecule has 4 atom stereocenters. The molecule has 1 spiro atoms. The van der Waals surface area contributed by atoms with Crippen LogP contribution < -0.4 is 10.1 Å². The number of ketones is 1. The van der Waals surface area contributed by atoms with Crippen LogP contribution in [0.25, 0.3) is 11.1 Å². The molecule has 7 heteroatoms. The minimum absolute atomic E-state index is 0.0266. The van der Waals surface area contributed by atoms with Crippen molar-refractivity contribution in [2.24, 2.45) is 5.92 Å². The highest BCUT2D eigenvalue weighted by Gasteiger charge is 2.73. The van der Waals surface area contributed by atoms with Crippen LogP contribution in [0.4, 0.5) is 0 Å². The lowest BCUT2D eigenvalue weighted by molar-refractivity contribution is -0.188. The molecular formula is C36H36N2O5. The summed E-state index contributed by atoms with van der Waals surface area (Å²) >= 11 is 0. The summed E-state index contributed by atoms with van der Waals surface area (Å²) in [6.45, 7) is 2.32. The normalized spacial score (nSPS) is 28.6. The molecule has 3 aromatic rings. The second-order valence-corrected chi connectivity index (χ2v) is 13.2. The van der Waals surface area contributed by atoms with Gasteiger partial charge in [0.2, 0.25) is 0 Å². The van der Waals surface area contributed by atoms with E-state index in [1.165, 1.54) is 12.8 Å². The predicted molar refractivity (Wildman–Crippen MR) is 161 cm³/mol. The SMILES string of the molecule is O=Cc1ccc(-c2ccc(CCNC(=O)c3ccc4c5c3OC3C(=O)CC[C@@]6(O)[C@@H](C4)N(CC4CC4)CC[C@]536)cc2)cc1. The van der Waals surface area contributed by atoms with Crippen LogP contribution in [0.1, 0.15) is 69.5 Å². The molecule has 2 heterocycles. The first-order chi connectivity index (χ1) is 20.9. The Morgan fingerprint density at radius 1 is 1.02 bits per heavy atom. The number of rotatable bonds is 8. The second-order valence-electron chi connectivity index (χ2n) is 13.2. The number of benzene rings is 3. The second kappa shape index (κ2) is 9.86.